The predicted octanol–water partition coefficient (Wildman–Crippen LogP) is 1.32. The van der Waals surface area contributed by atoms with Gasteiger partial charge in [-0.1, -0.05) is 0 Å². The number of nitrogens with two attached hydrogens (primary N) is 1. The highest BCUT2D eigenvalue weighted by molar-refractivity contribution is 5.46. The fraction of sp³-hybridized carbons (Fsp3) is 0.364. The average molecular weight is 233 g/mol. The van der Waals surface area contributed by atoms with E-state index >= 15 is 0 Å². The number of rotatable bonds is 3. The van der Waals surface area contributed by atoms with Crippen molar-refractivity contribution in [1.29, 1.82) is 0 Å². The zero-order valence-electron chi connectivity index (χ0n) is 9.17. The average Bonchev–Trinajstić information content (AvgIpc) is 3.05. The van der Waals surface area contributed by atoms with Gasteiger partial charge in [0.15, 0.2) is 5.82 Å². The zero-order chi connectivity index (χ0) is 11.8. The smallest absolute Gasteiger partial charge is 0.154 e. The van der Waals surface area contributed by atoms with E-state index in [0.29, 0.717) is 23.7 Å². The van der Waals surface area contributed by atoms with E-state index in [1.54, 1.807) is 10.7 Å². The van der Waals surface area contributed by atoms with Gasteiger partial charge in [0.1, 0.15) is 5.82 Å². The Bertz CT molecular complexity index is 547. The van der Waals surface area contributed by atoms with Gasteiger partial charge in [0.05, 0.1) is 6.54 Å². The SMILES string of the molecule is Nc1ccc(F)cc1Cn1nnnc1C1CC1. The Balaban J connectivity index is 1.90. The van der Waals surface area contributed by atoms with Gasteiger partial charge >= 0.3 is 0 Å². The number of hydrogen-bond acceptors (Lipinski definition) is 4. The molecule has 1 fully saturated rings. The van der Waals surface area contributed by atoms with Crippen LogP contribution in [0.3, 0.4) is 0 Å². The van der Waals surface area contributed by atoms with E-state index in [4.69, 9.17) is 5.73 Å². The van der Waals surface area contributed by atoms with Crippen molar-refractivity contribution >= 4 is 5.69 Å². The molecule has 0 amide bonds. The molecule has 1 aromatic heterocycles. The van der Waals surface area contributed by atoms with Gasteiger partial charge in [-0.15, -0.1) is 5.10 Å². The van der Waals surface area contributed by atoms with E-state index in [1.165, 1.54) is 12.1 Å². The summed E-state index contributed by atoms with van der Waals surface area (Å²) in [6.07, 6.45) is 2.25. The fourth-order valence-corrected chi connectivity index (χ4v) is 1.83. The number of halogens is 1. The summed E-state index contributed by atoms with van der Waals surface area (Å²) in [5.74, 6) is 1.03. The fourth-order valence-electron chi connectivity index (χ4n) is 1.83. The van der Waals surface area contributed by atoms with Crippen molar-refractivity contribution in [3.63, 3.8) is 0 Å². The van der Waals surface area contributed by atoms with Gasteiger partial charge in [0.2, 0.25) is 0 Å². The Morgan fingerprint density at radius 2 is 2.24 bits per heavy atom. The van der Waals surface area contributed by atoms with Gasteiger partial charge in [-0.25, -0.2) is 9.07 Å². The number of benzene rings is 1. The van der Waals surface area contributed by atoms with Crippen LogP contribution in [0.1, 0.15) is 30.1 Å². The third kappa shape index (κ3) is 1.98. The summed E-state index contributed by atoms with van der Waals surface area (Å²) in [6, 6.07) is 4.33. The topological polar surface area (TPSA) is 69.6 Å². The summed E-state index contributed by atoms with van der Waals surface area (Å²) >= 11 is 0. The molecule has 6 heteroatoms. The van der Waals surface area contributed by atoms with Crippen molar-refractivity contribution < 1.29 is 4.39 Å². The lowest BCUT2D eigenvalue weighted by atomic mass is 10.2. The molecule has 0 radical (unpaired) electrons. The number of nitrogen functional groups attached to an aromatic ring is 1. The van der Waals surface area contributed by atoms with Crippen LogP contribution in [0, 0.1) is 5.82 Å². The van der Waals surface area contributed by atoms with Crippen LogP contribution in [0.25, 0.3) is 0 Å². The molecule has 0 spiro atoms. The molecule has 1 saturated carbocycles. The van der Waals surface area contributed by atoms with Crippen LogP contribution in [0.2, 0.25) is 0 Å². The summed E-state index contributed by atoms with van der Waals surface area (Å²) < 4.78 is 14.8. The Morgan fingerprint density at radius 3 is 3.00 bits per heavy atom. The van der Waals surface area contributed by atoms with Crippen molar-refractivity contribution in [3.8, 4) is 0 Å². The molecule has 5 nitrogen and oxygen atoms in total. The molecular weight excluding hydrogens is 221 g/mol. The summed E-state index contributed by atoms with van der Waals surface area (Å²) in [5.41, 5.74) is 7.07. The van der Waals surface area contributed by atoms with Gasteiger partial charge in [0, 0.05) is 11.6 Å². The highest BCUT2D eigenvalue weighted by Crippen LogP contribution is 2.38. The first-order chi connectivity index (χ1) is 8.24. The third-order valence-electron chi connectivity index (χ3n) is 2.93. The molecular formula is C11H12FN5. The van der Waals surface area contributed by atoms with Gasteiger partial charge in [0.25, 0.3) is 0 Å². The molecule has 88 valence electrons. The Kier molecular flexibility index (Phi) is 2.28. The predicted molar refractivity (Wildman–Crippen MR) is 59.7 cm³/mol. The molecule has 3 rings (SSSR count). The van der Waals surface area contributed by atoms with Crippen LogP contribution in [-0.2, 0) is 6.54 Å². The molecule has 2 N–H and O–H groups in total. The molecule has 1 heterocycles. The zero-order valence-corrected chi connectivity index (χ0v) is 9.17. The van der Waals surface area contributed by atoms with E-state index in [0.717, 1.165) is 18.7 Å². The number of aromatic nitrogens is 4. The summed E-state index contributed by atoms with van der Waals surface area (Å²) in [6.45, 7) is 0.419. The molecule has 0 aliphatic heterocycles. The van der Waals surface area contributed by atoms with Crippen LogP contribution in [0.5, 0.6) is 0 Å². The lowest BCUT2D eigenvalue weighted by molar-refractivity contribution is 0.603. The van der Waals surface area contributed by atoms with Gasteiger partial charge in [-0.2, -0.15) is 0 Å². The molecule has 0 bridgehead atoms. The first-order valence-electron chi connectivity index (χ1n) is 5.54. The molecule has 17 heavy (non-hydrogen) atoms. The molecule has 2 aromatic rings. The lowest BCUT2D eigenvalue weighted by Gasteiger charge is -2.07. The number of tetrazole rings is 1. The first kappa shape index (κ1) is 10.2. The van der Waals surface area contributed by atoms with E-state index in [2.05, 4.69) is 15.5 Å². The van der Waals surface area contributed by atoms with Crippen LogP contribution >= 0.6 is 0 Å². The minimum Gasteiger partial charge on any atom is -0.398 e. The van der Waals surface area contributed by atoms with E-state index in [-0.39, 0.29) is 5.82 Å². The van der Waals surface area contributed by atoms with Crippen LogP contribution in [0.15, 0.2) is 18.2 Å². The van der Waals surface area contributed by atoms with Gasteiger partial charge < -0.3 is 5.73 Å². The van der Waals surface area contributed by atoms with Crippen molar-refractivity contribution in [2.45, 2.75) is 25.3 Å². The molecule has 0 atom stereocenters. The maximum Gasteiger partial charge on any atom is 0.154 e. The second-order valence-corrected chi connectivity index (χ2v) is 4.31. The Morgan fingerprint density at radius 1 is 1.41 bits per heavy atom. The highest BCUT2D eigenvalue weighted by atomic mass is 19.1. The van der Waals surface area contributed by atoms with Crippen LogP contribution in [0.4, 0.5) is 10.1 Å². The monoisotopic (exact) mass is 233 g/mol. The first-order valence-corrected chi connectivity index (χ1v) is 5.54. The highest BCUT2D eigenvalue weighted by Gasteiger charge is 2.29. The van der Waals surface area contributed by atoms with Crippen LogP contribution in [-0.4, -0.2) is 20.2 Å². The van der Waals surface area contributed by atoms with Gasteiger partial charge in [-0.05, 0) is 47.0 Å². The van der Waals surface area contributed by atoms with Crippen molar-refractivity contribution in [2.75, 3.05) is 5.73 Å². The Labute approximate surface area is 97.4 Å². The minimum atomic E-state index is -0.296. The molecule has 0 saturated heterocycles. The number of anilines is 1. The normalized spacial score (nSPS) is 15.1. The van der Waals surface area contributed by atoms with Crippen molar-refractivity contribution in [1.82, 2.24) is 20.2 Å². The molecule has 1 aromatic carbocycles. The lowest BCUT2D eigenvalue weighted by Crippen LogP contribution is -2.08. The summed E-state index contributed by atoms with van der Waals surface area (Å²) in [7, 11) is 0. The van der Waals surface area contributed by atoms with Gasteiger partial charge in [-0.3, -0.25) is 0 Å². The van der Waals surface area contributed by atoms with E-state index in [1.807, 2.05) is 0 Å². The van der Waals surface area contributed by atoms with Crippen molar-refractivity contribution in [2.24, 2.45) is 0 Å². The summed E-state index contributed by atoms with van der Waals surface area (Å²) in [4.78, 5) is 0. The van der Waals surface area contributed by atoms with E-state index < -0.39 is 0 Å². The number of hydrogen-bond donors (Lipinski definition) is 1. The largest absolute Gasteiger partial charge is 0.398 e. The third-order valence-corrected chi connectivity index (χ3v) is 2.93. The number of nitrogens with zero attached hydrogens (tertiary/aromatic N) is 4. The Hall–Kier alpha value is -1.98. The van der Waals surface area contributed by atoms with Crippen molar-refractivity contribution in [3.05, 3.63) is 35.4 Å². The van der Waals surface area contributed by atoms with E-state index in [9.17, 15) is 4.39 Å². The standard InChI is InChI=1S/C11H12FN5/c12-9-3-4-10(13)8(5-9)6-17-11(7-1-2-7)14-15-16-17/h3-5,7H,1-2,6,13H2. The van der Waals surface area contributed by atoms with Crippen LogP contribution < -0.4 is 5.73 Å². The molecule has 1 aliphatic rings. The molecule has 0 unspecified atom stereocenters. The summed E-state index contributed by atoms with van der Waals surface area (Å²) in [5, 5.41) is 11.6. The second-order valence-electron chi connectivity index (χ2n) is 4.31. The maximum atomic E-state index is 13.1. The minimum absolute atomic E-state index is 0.296. The second kappa shape index (κ2) is 3.80. The molecule has 1 aliphatic carbocycles. The quantitative estimate of drug-likeness (QED) is 0.812. The maximum absolute atomic E-state index is 13.1.